The second-order valence-electron chi connectivity index (χ2n) is 5.18. The van der Waals surface area contributed by atoms with E-state index >= 15 is 0 Å². The summed E-state index contributed by atoms with van der Waals surface area (Å²) in [5.41, 5.74) is 1.12. The molecule has 1 heterocycles. The molecule has 0 saturated heterocycles. The zero-order chi connectivity index (χ0) is 18.5. The minimum atomic E-state index is -0.455. The van der Waals surface area contributed by atoms with E-state index in [9.17, 15) is 10.1 Å². The van der Waals surface area contributed by atoms with Gasteiger partial charge in [-0.25, -0.2) is 5.10 Å². The topological polar surface area (TPSA) is 98.3 Å². The van der Waals surface area contributed by atoms with Crippen molar-refractivity contribution in [1.29, 1.82) is 0 Å². The fourth-order valence-corrected chi connectivity index (χ4v) is 2.51. The molecule has 0 atom stereocenters. The summed E-state index contributed by atoms with van der Waals surface area (Å²) in [5.74, 6) is 1.24. The molecule has 0 amide bonds. The summed E-state index contributed by atoms with van der Waals surface area (Å²) in [6.07, 6.45) is 1.39. The molecule has 3 rings (SSSR count). The molecule has 1 aromatic heterocycles. The van der Waals surface area contributed by atoms with Crippen molar-refractivity contribution in [3.63, 3.8) is 0 Å². The molecule has 0 bridgehead atoms. The van der Waals surface area contributed by atoms with Gasteiger partial charge in [0.25, 0.3) is 5.69 Å². The van der Waals surface area contributed by atoms with Crippen molar-refractivity contribution in [3.8, 4) is 17.1 Å². The molecule has 0 fully saturated rings. The predicted molar refractivity (Wildman–Crippen MR) is 100 cm³/mol. The first-order chi connectivity index (χ1) is 12.6. The lowest BCUT2D eigenvalue weighted by Crippen LogP contribution is -1.98. The van der Waals surface area contributed by atoms with Crippen LogP contribution in [0.3, 0.4) is 0 Å². The maximum absolute atomic E-state index is 11.1. The molecule has 0 aliphatic heterocycles. The number of ether oxygens (including phenoxy) is 1. The molecule has 0 radical (unpaired) electrons. The highest BCUT2D eigenvalue weighted by atomic mass is 32.1. The van der Waals surface area contributed by atoms with Crippen LogP contribution < -0.4 is 4.74 Å². The molecule has 0 aliphatic carbocycles. The van der Waals surface area contributed by atoms with E-state index in [2.05, 4.69) is 15.3 Å². The summed E-state index contributed by atoms with van der Waals surface area (Å²) in [6.45, 7) is 2.49. The highest BCUT2D eigenvalue weighted by Gasteiger charge is 2.12. The number of rotatable bonds is 6. The Balaban J connectivity index is 1.96. The summed E-state index contributed by atoms with van der Waals surface area (Å²) in [6, 6.07) is 13.7. The summed E-state index contributed by atoms with van der Waals surface area (Å²) >= 11 is 5.21. The monoisotopic (exact) mass is 369 g/mol. The molecule has 132 valence electrons. The van der Waals surface area contributed by atoms with E-state index in [1.165, 1.54) is 17.0 Å². The quantitative estimate of drug-likeness (QED) is 0.308. The summed E-state index contributed by atoms with van der Waals surface area (Å²) in [7, 11) is 0. The van der Waals surface area contributed by atoms with Crippen LogP contribution in [0.1, 0.15) is 12.5 Å². The number of H-pyrrole nitrogens is 1. The minimum absolute atomic E-state index is 0.0334. The van der Waals surface area contributed by atoms with Crippen LogP contribution in [-0.4, -0.2) is 32.6 Å². The van der Waals surface area contributed by atoms with Gasteiger partial charge in [0.15, 0.2) is 5.82 Å². The van der Waals surface area contributed by atoms with Gasteiger partial charge in [-0.15, -0.1) is 0 Å². The van der Waals surface area contributed by atoms with Crippen molar-refractivity contribution >= 4 is 24.1 Å². The maximum Gasteiger partial charge on any atom is 0.278 e. The fraction of sp³-hybridized carbons (Fsp3) is 0.118. The average molecular weight is 369 g/mol. The van der Waals surface area contributed by atoms with E-state index in [1.807, 2.05) is 31.2 Å². The van der Waals surface area contributed by atoms with Gasteiger partial charge in [0, 0.05) is 11.6 Å². The number of nitrogens with one attached hydrogen (secondary N) is 1. The Morgan fingerprint density at radius 2 is 2.04 bits per heavy atom. The summed E-state index contributed by atoms with van der Waals surface area (Å²) in [5, 5.41) is 22.3. The Morgan fingerprint density at radius 1 is 1.31 bits per heavy atom. The molecular formula is C17H15N5O3S. The largest absolute Gasteiger partial charge is 0.494 e. The highest BCUT2D eigenvalue weighted by Crippen LogP contribution is 2.21. The molecule has 0 unspecified atom stereocenters. The third-order valence-corrected chi connectivity index (χ3v) is 3.78. The van der Waals surface area contributed by atoms with Gasteiger partial charge in [-0.2, -0.15) is 14.9 Å². The van der Waals surface area contributed by atoms with Crippen LogP contribution in [0.25, 0.3) is 11.4 Å². The number of aromatic nitrogens is 3. The number of benzene rings is 2. The van der Waals surface area contributed by atoms with Gasteiger partial charge in [0.2, 0.25) is 4.77 Å². The van der Waals surface area contributed by atoms with Gasteiger partial charge >= 0.3 is 0 Å². The van der Waals surface area contributed by atoms with Crippen LogP contribution in [0.4, 0.5) is 5.69 Å². The molecular weight excluding hydrogens is 354 g/mol. The molecule has 2 aromatic carbocycles. The molecule has 0 saturated carbocycles. The van der Waals surface area contributed by atoms with E-state index in [0.29, 0.717) is 18.0 Å². The number of nitro groups is 1. The zero-order valence-corrected chi connectivity index (χ0v) is 14.6. The van der Waals surface area contributed by atoms with E-state index in [4.69, 9.17) is 17.0 Å². The lowest BCUT2D eigenvalue weighted by Gasteiger charge is -2.04. The first-order valence-corrected chi connectivity index (χ1v) is 8.19. The Kier molecular flexibility index (Phi) is 5.18. The fourth-order valence-electron chi connectivity index (χ4n) is 2.34. The number of para-hydroxylation sites is 1. The number of hydrogen-bond donors (Lipinski definition) is 1. The van der Waals surface area contributed by atoms with E-state index in [1.54, 1.807) is 18.2 Å². The van der Waals surface area contributed by atoms with Gasteiger partial charge in [-0.3, -0.25) is 10.1 Å². The Morgan fingerprint density at radius 3 is 2.73 bits per heavy atom. The van der Waals surface area contributed by atoms with E-state index in [0.717, 1.165) is 11.3 Å². The Hall–Kier alpha value is -3.33. The Labute approximate surface area is 153 Å². The Bertz CT molecular complexity index is 1010. The van der Waals surface area contributed by atoms with Crippen molar-refractivity contribution < 1.29 is 9.66 Å². The highest BCUT2D eigenvalue weighted by molar-refractivity contribution is 7.71. The summed E-state index contributed by atoms with van der Waals surface area (Å²) in [4.78, 5) is 10.7. The SMILES string of the molecule is CCOc1ccc(-c2n[nH]c(=S)n2/N=C\c2ccccc2[N+](=O)[O-])cc1. The molecule has 1 N–H and O–H groups in total. The standard InChI is InChI=1S/C17H15N5O3S/c1-2-25-14-9-7-12(8-10-14)16-19-20-17(26)21(16)18-11-13-5-3-4-6-15(13)22(23)24/h3-11H,2H2,1H3,(H,20,26)/b18-11-. The molecule has 8 nitrogen and oxygen atoms in total. The number of hydrogen-bond acceptors (Lipinski definition) is 6. The lowest BCUT2D eigenvalue weighted by atomic mass is 10.2. The molecule has 3 aromatic rings. The van der Waals surface area contributed by atoms with Gasteiger partial charge < -0.3 is 4.74 Å². The van der Waals surface area contributed by atoms with Crippen molar-refractivity contribution in [2.45, 2.75) is 6.92 Å². The normalized spacial score (nSPS) is 11.0. The third-order valence-electron chi connectivity index (χ3n) is 3.52. The van der Waals surface area contributed by atoms with Gasteiger partial charge in [-0.1, -0.05) is 12.1 Å². The second-order valence-corrected chi connectivity index (χ2v) is 5.57. The van der Waals surface area contributed by atoms with Crippen LogP contribution in [0.2, 0.25) is 0 Å². The van der Waals surface area contributed by atoms with Crippen molar-refractivity contribution in [1.82, 2.24) is 14.9 Å². The second kappa shape index (κ2) is 7.70. The zero-order valence-electron chi connectivity index (χ0n) is 13.8. The first-order valence-electron chi connectivity index (χ1n) is 7.78. The van der Waals surface area contributed by atoms with Crippen molar-refractivity contribution in [2.24, 2.45) is 5.10 Å². The van der Waals surface area contributed by atoms with Crippen LogP contribution in [-0.2, 0) is 0 Å². The van der Waals surface area contributed by atoms with E-state index < -0.39 is 4.92 Å². The van der Waals surface area contributed by atoms with Crippen LogP contribution in [0.15, 0.2) is 53.6 Å². The summed E-state index contributed by atoms with van der Waals surface area (Å²) < 4.78 is 7.12. The van der Waals surface area contributed by atoms with E-state index in [-0.39, 0.29) is 10.5 Å². The molecule has 26 heavy (non-hydrogen) atoms. The number of nitrogens with zero attached hydrogens (tertiary/aromatic N) is 4. The third kappa shape index (κ3) is 3.67. The molecule has 9 heteroatoms. The molecule has 0 spiro atoms. The van der Waals surface area contributed by atoms with Gasteiger partial charge in [-0.05, 0) is 49.5 Å². The van der Waals surface area contributed by atoms with Gasteiger partial charge in [0.05, 0.1) is 23.3 Å². The molecule has 0 aliphatic rings. The predicted octanol–water partition coefficient (Wildman–Crippen LogP) is 3.80. The van der Waals surface area contributed by atoms with Crippen LogP contribution in [0, 0.1) is 14.9 Å². The minimum Gasteiger partial charge on any atom is -0.494 e. The van der Waals surface area contributed by atoms with Crippen molar-refractivity contribution in [3.05, 3.63) is 69.0 Å². The van der Waals surface area contributed by atoms with Crippen LogP contribution >= 0.6 is 12.2 Å². The van der Waals surface area contributed by atoms with Crippen LogP contribution in [0.5, 0.6) is 5.75 Å². The average Bonchev–Trinajstić information content (AvgIpc) is 3.01. The number of nitro benzene ring substituents is 1. The van der Waals surface area contributed by atoms with Gasteiger partial charge in [0.1, 0.15) is 5.75 Å². The number of aromatic amines is 1. The lowest BCUT2D eigenvalue weighted by molar-refractivity contribution is -0.385. The smallest absolute Gasteiger partial charge is 0.278 e. The maximum atomic E-state index is 11.1. The first kappa shape index (κ1) is 17.5. The van der Waals surface area contributed by atoms with Crippen molar-refractivity contribution in [2.75, 3.05) is 6.61 Å².